The molecule has 0 aromatic heterocycles. The monoisotopic (exact) mass is 347 g/mol. The molecule has 1 saturated carbocycles. The third-order valence-electron chi connectivity index (χ3n) is 4.81. The fourth-order valence-corrected chi connectivity index (χ4v) is 4.22. The smallest absolute Gasteiger partial charge is 0.241 e. The van der Waals surface area contributed by atoms with E-state index in [9.17, 15) is 13.2 Å². The molecule has 0 spiro atoms. The van der Waals surface area contributed by atoms with Crippen molar-refractivity contribution in [3.63, 3.8) is 0 Å². The zero-order valence-corrected chi connectivity index (χ0v) is 14.3. The molecule has 7 heteroatoms. The van der Waals surface area contributed by atoms with E-state index in [1.807, 2.05) is 6.07 Å². The Morgan fingerprint density at radius 1 is 1.21 bits per heavy atom. The molecule has 1 unspecified atom stereocenters. The van der Waals surface area contributed by atoms with Gasteiger partial charge in [0.25, 0.3) is 0 Å². The molecule has 1 N–H and O–H groups in total. The molecule has 0 bridgehead atoms. The molecule has 1 saturated heterocycles. The molecule has 24 heavy (non-hydrogen) atoms. The van der Waals surface area contributed by atoms with Gasteiger partial charge in [-0.2, -0.15) is 5.26 Å². The predicted molar refractivity (Wildman–Crippen MR) is 88.4 cm³/mol. The number of likely N-dealkylation sites (tertiary alicyclic amines) is 1. The van der Waals surface area contributed by atoms with Crippen molar-refractivity contribution >= 4 is 15.9 Å². The van der Waals surface area contributed by atoms with Gasteiger partial charge in [-0.05, 0) is 61.8 Å². The molecule has 1 aliphatic heterocycles. The zero-order valence-electron chi connectivity index (χ0n) is 13.4. The first-order valence-electron chi connectivity index (χ1n) is 8.27. The van der Waals surface area contributed by atoms with E-state index in [2.05, 4.69) is 4.72 Å². The lowest BCUT2D eigenvalue weighted by molar-refractivity contribution is -0.131. The number of carbonyl (C=O) groups excluding carboxylic acids is 1. The first-order valence-corrected chi connectivity index (χ1v) is 9.75. The Labute approximate surface area is 142 Å². The maximum Gasteiger partial charge on any atom is 0.241 e. The van der Waals surface area contributed by atoms with Gasteiger partial charge in [-0.25, -0.2) is 13.1 Å². The van der Waals surface area contributed by atoms with Crippen LogP contribution in [0.5, 0.6) is 0 Å². The molecule has 1 amide bonds. The average molecular weight is 347 g/mol. The third kappa shape index (κ3) is 3.94. The molecule has 1 aromatic rings. The molecule has 2 fully saturated rings. The Morgan fingerprint density at radius 3 is 2.54 bits per heavy atom. The summed E-state index contributed by atoms with van der Waals surface area (Å²) in [5, 5.41) is 8.75. The number of hydrogen-bond donors (Lipinski definition) is 1. The maximum atomic E-state index is 12.3. The van der Waals surface area contributed by atoms with E-state index >= 15 is 0 Å². The highest BCUT2D eigenvalue weighted by molar-refractivity contribution is 7.89. The summed E-state index contributed by atoms with van der Waals surface area (Å²) in [4.78, 5) is 14.2. The van der Waals surface area contributed by atoms with Crippen LogP contribution in [-0.2, 0) is 14.8 Å². The second-order valence-electron chi connectivity index (χ2n) is 6.54. The normalized spacial score (nSPS) is 21.3. The first-order chi connectivity index (χ1) is 11.5. The number of nitrogens with one attached hydrogen (secondary N) is 1. The van der Waals surface area contributed by atoms with Gasteiger partial charge in [0.05, 0.1) is 23.1 Å². The van der Waals surface area contributed by atoms with Crippen LogP contribution in [0.25, 0.3) is 0 Å². The van der Waals surface area contributed by atoms with Gasteiger partial charge < -0.3 is 4.90 Å². The summed E-state index contributed by atoms with van der Waals surface area (Å²) in [7, 11) is -3.74. The third-order valence-corrected chi connectivity index (χ3v) is 6.22. The van der Waals surface area contributed by atoms with E-state index < -0.39 is 10.0 Å². The number of rotatable bonds is 5. The van der Waals surface area contributed by atoms with E-state index in [0.29, 0.717) is 18.0 Å². The van der Waals surface area contributed by atoms with E-state index in [-0.39, 0.29) is 17.3 Å². The van der Waals surface area contributed by atoms with E-state index in [4.69, 9.17) is 5.26 Å². The van der Waals surface area contributed by atoms with Crippen LogP contribution >= 0.6 is 0 Å². The molecule has 1 atom stereocenters. The zero-order chi connectivity index (χ0) is 17.2. The molecule has 6 nitrogen and oxygen atoms in total. The molecular weight excluding hydrogens is 326 g/mol. The van der Waals surface area contributed by atoms with Crippen molar-refractivity contribution in [2.45, 2.75) is 30.6 Å². The number of sulfonamides is 1. The number of carbonyl (C=O) groups is 1. The summed E-state index contributed by atoms with van der Waals surface area (Å²) in [6.07, 6.45) is 4.69. The lowest BCUT2D eigenvalue weighted by atomic mass is 9.93. The minimum atomic E-state index is -3.74. The Morgan fingerprint density at radius 2 is 1.92 bits per heavy atom. The van der Waals surface area contributed by atoms with Crippen LogP contribution < -0.4 is 4.72 Å². The molecular formula is C17H21N3O3S. The molecule has 1 aliphatic carbocycles. The molecule has 1 heterocycles. The molecule has 3 rings (SSSR count). The molecule has 2 aliphatic rings. The van der Waals surface area contributed by atoms with Crippen molar-refractivity contribution in [3.8, 4) is 6.07 Å². The van der Waals surface area contributed by atoms with Gasteiger partial charge in [0, 0.05) is 13.1 Å². The molecule has 1 aromatic carbocycles. The number of benzene rings is 1. The summed E-state index contributed by atoms with van der Waals surface area (Å²) in [5.74, 6) is 1.17. The highest BCUT2D eigenvalue weighted by atomic mass is 32.2. The second-order valence-corrected chi connectivity index (χ2v) is 8.31. The van der Waals surface area contributed by atoms with Crippen LogP contribution in [0.2, 0.25) is 0 Å². The minimum Gasteiger partial charge on any atom is -0.341 e. The summed E-state index contributed by atoms with van der Waals surface area (Å²) in [6, 6.07) is 7.57. The number of amides is 1. The van der Waals surface area contributed by atoms with Crippen LogP contribution in [0.15, 0.2) is 29.2 Å². The lowest BCUT2D eigenvalue weighted by Crippen LogP contribution is -2.45. The fourth-order valence-electron chi connectivity index (χ4n) is 3.25. The van der Waals surface area contributed by atoms with Gasteiger partial charge in [-0.3, -0.25) is 4.79 Å². The summed E-state index contributed by atoms with van der Waals surface area (Å²) < 4.78 is 26.8. The topological polar surface area (TPSA) is 90.3 Å². The van der Waals surface area contributed by atoms with Crippen molar-refractivity contribution in [2.75, 3.05) is 19.6 Å². The van der Waals surface area contributed by atoms with Gasteiger partial charge in [0.15, 0.2) is 0 Å². The fraction of sp³-hybridized carbons (Fsp3) is 0.529. The maximum absolute atomic E-state index is 12.3. The van der Waals surface area contributed by atoms with Gasteiger partial charge in [-0.15, -0.1) is 0 Å². The summed E-state index contributed by atoms with van der Waals surface area (Å²) in [6.45, 7) is 1.24. The Kier molecular flexibility index (Phi) is 4.88. The Hall–Kier alpha value is -1.91. The highest BCUT2D eigenvalue weighted by Crippen LogP contribution is 2.40. The van der Waals surface area contributed by atoms with Crippen LogP contribution in [-0.4, -0.2) is 38.9 Å². The van der Waals surface area contributed by atoms with E-state index in [0.717, 1.165) is 18.9 Å². The van der Waals surface area contributed by atoms with Crippen LogP contribution in [0, 0.1) is 23.2 Å². The van der Waals surface area contributed by atoms with Gasteiger partial charge in [0.2, 0.25) is 15.9 Å². The van der Waals surface area contributed by atoms with Crippen LogP contribution in [0.3, 0.4) is 0 Å². The number of hydrogen-bond acceptors (Lipinski definition) is 4. The highest BCUT2D eigenvalue weighted by Gasteiger charge is 2.35. The lowest BCUT2D eigenvalue weighted by Gasteiger charge is -2.33. The van der Waals surface area contributed by atoms with Crippen molar-refractivity contribution in [1.82, 2.24) is 9.62 Å². The van der Waals surface area contributed by atoms with Crippen molar-refractivity contribution < 1.29 is 13.2 Å². The van der Waals surface area contributed by atoms with Crippen LogP contribution in [0.4, 0.5) is 0 Å². The largest absolute Gasteiger partial charge is 0.341 e. The van der Waals surface area contributed by atoms with Crippen LogP contribution in [0.1, 0.15) is 31.2 Å². The van der Waals surface area contributed by atoms with Gasteiger partial charge in [0.1, 0.15) is 0 Å². The van der Waals surface area contributed by atoms with E-state index in [1.54, 1.807) is 4.90 Å². The molecule has 0 radical (unpaired) electrons. The number of nitrogens with zero attached hydrogens (tertiary/aromatic N) is 2. The van der Waals surface area contributed by atoms with Gasteiger partial charge >= 0.3 is 0 Å². The predicted octanol–water partition coefficient (Wildman–Crippen LogP) is 1.49. The van der Waals surface area contributed by atoms with Crippen molar-refractivity contribution in [2.24, 2.45) is 11.8 Å². The van der Waals surface area contributed by atoms with E-state index in [1.165, 1.54) is 43.5 Å². The van der Waals surface area contributed by atoms with Crippen molar-refractivity contribution in [1.29, 1.82) is 5.26 Å². The van der Waals surface area contributed by atoms with Gasteiger partial charge in [-0.1, -0.05) is 0 Å². The summed E-state index contributed by atoms with van der Waals surface area (Å²) in [5.41, 5.74) is 0.393. The van der Waals surface area contributed by atoms with Crippen molar-refractivity contribution in [3.05, 3.63) is 29.8 Å². The first kappa shape index (κ1) is 16.9. The Bertz CT molecular complexity index is 748. The number of nitriles is 1. The second kappa shape index (κ2) is 6.91. The minimum absolute atomic E-state index is 0.0591. The standard InChI is InChI=1S/C17H21N3O3S/c18-10-13-3-7-16(8-4-13)24(22,23)19-11-17(21)20-9-1-2-15(12-20)14-5-6-14/h3-4,7-8,14-15,19H,1-2,5-6,9,11-12H2. The number of piperidine rings is 1. The summed E-state index contributed by atoms with van der Waals surface area (Å²) >= 11 is 0. The average Bonchev–Trinajstić information content (AvgIpc) is 3.45. The Balaban J connectivity index is 1.57. The quantitative estimate of drug-likeness (QED) is 0.873. The molecule has 128 valence electrons. The SMILES string of the molecule is N#Cc1ccc(S(=O)(=O)NCC(=O)N2CCCC(C3CC3)C2)cc1.